The fourth-order valence-electron chi connectivity index (χ4n) is 1.29. The highest BCUT2D eigenvalue weighted by atomic mass is 16.5. The van der Waals surface area contributed by atoms with Gasteiger partial charge in [0.1, 0.15) is 5.75 Å². The van der Waals surface area contributed by atoms with Crippen molar-refractivity contribution in [3.05, 3.63) is 18.2 Å². The van der Waals surface area contributed by atoms with E-state index in [1.54, 1.807) is 25.1 Å². The second kappa shape index (κ2) is 3.19. The van der Waals surface area contributed by atoms with Gasteiger partial charge in [0.15, 0.2) is 6.10 Å². The van der Waals surface area contributed by atoms with Gasteiger partial charge in [-0.15, -0.1) is 0 Å². The molecule has 1 aliphatic rings. The molecule has 1 unspecified atom stereocenters. The average molecular weight is 193 g/mol. The molecule has 0 fully saturated rings. The van der Waals surface area contributed by atoms with E-state index in [0.717, 1.165) is 5.69 Å². The fourth-order valence-corrected chi connectivity index (χ4v) is 1.29. The lowest BCUT2D eigenvalue weighted by Crippen LogP contribution is -2.34. The Hall–Kier alpha value is -1.75. The summed E-state index contributed by atoms with van der Waals surface area (Å²) in [6.07, 6.45) is -0.462. The lowest BCUT2D eigenvalue weighted by molar-refractivity contribution is -0.122. The van der Waals surface area contributed by atoms with Crippen LogP contribution in [0.3, 0.4) is 0 Å². The Morgan fingerprint density at radius 3 is 3.07 bits per heavy atom. The van der Waals surface area contributed by atoms with E-state index in [1.165, 1.54) is 0 Å². The first-order chi connectivity index (χ1) is 6.70. The van der Waals surface area contributed by atoms with E-state index in [9.17, 15) is 4.79 Å². The molecule has 5 nitrogen and oxygen atoms in total. The van der Waals surface area contributed by atoms with Crippen LogP contribution in [0.5, 0.6) is 5.75 Å². The van der Waals surface area contributed by atoms with E-state index in [0.29, 0.717) is 11.4 Å². The van der Waals surface area contributed by atoms with Crippen LogP contribution in [-0.2, 0) is 4.79 Å². The number of ether oxygens (including phenoxy) is 1. The smallest absolute Gasteiger partial charge is 0.265 e. The van der Waals surface area contributed by atoms with Crippen molar-refractivity contribution in [1.29, 1.82) is 0 Å². The molecule has 1 heterocycles. The minimum Gasteiger partial charge on any atom is -0.479 e. The monoisotopic (exact) mass is 193 g/mol. The maximum Gasteiger partial charge on any atom is 0.265 e. The van der Waals surface area contributed by atoms with Gasteiger partial charge in [-0.3, -0.25) is 10.6 Å². The molecule has 5 heteroatoms. The summed E-state index contributed by atoms with van der Waals surface area (Å²) in [7, 11) is 0. The Kier molecular flexibility index (Phi) is 2.01. The highest BCUT2D eigenvalue weighted by Gasteiger charge is 2.23. The van der Waals surface area contributed by atoms with Crippen LogP contribution >= 0.6 is 0 Å². The highest BCUT2D eigenvalue weighted by Crippen LogP contribution is 2.31. The molecule has 0 bridgehead atoms. The quantitative estimate of drug-likeness (QED) is 0.453. The lowest BCUT2D eigenvalue weighted by atomic mass is 10.2. The molecule has 1 aromatic rings. The maximum absolute atomic E-state index is 11.2. The molecule has 0 radical (unpaired) electrons. The van der Waals surface area contributed by atoms with Crippen LogP contribution in [0, 0.1) is 0 Å². The molecule has 4 N–H and O–H groups in total. The largest absolute Gasteiger partial charge is 0.479 e. The Balaban J connectivity index is 2.37. The zero-order valence-electron chi connectivity index (χ0n) is 7.70. The van der Waals surface area contributed by atoms with Crippen molar-refractivity contribution >= 4 is 17.3 Å². The second-order valence-electron chi connectivity index (χ2n) is 3.10. The first-order valence-corrected chi connectivity index (χ1v) is 4.29. The summed E-state index contributed by atoms with van der Waals surface area (Å²) in [6.45, 7) is 1.70. The zero-order valence-corrected chi connectivity index (χ0v) is 7.70. The molecule has 1 amide bonds. The summed E-state index contributed by atoms with van der Waals surface area (Å²) < 4.78 is 5.38. The number of hydrazine groups is 1. The van der Waals surface area contributed by atoms with Crippen LogP contribution in [-0.4, -0.2) is 12.0 Å². The van der Waals surface area contributed by atoms with Crippen LogP contribution in [0.1, 0.15) is 6.92 Å². The maximum atomic E-state index is 11.2. The molecule has 0 aliphatic carbocycles. The molecule has 0 saturated carbocycles. The van der Waals surface area contributed by atoms with Crippen molar-refractivity contribution in [2.75, 3.05) is 10.7 Å². The van der Waals surface area contributed by atoms with Gasteiger partial charge in [-0.1, -0.05) is 0 Å². The van der Waals surface area contributed by atoms with Gasteiger partial charge >= 0.3 is 0 Å². The number of carbonyl (C=O) groups is 1. The number of nitrogens with one attached hydrogen (secondary N) is 2. The number of rotatable bonds is 1. The highest BCUT2D eigenvalue weighted by molar-refractivity contribution is 5.97. The van der Waals surface area contributed by atoms with Crippen LogP contribution in [0.4, 0.5) is 11.4 Å². The Bertz CT molecular complexity index is 378. The SMILES string of the molecule is CC1Oc2cc(NN)ccc2NC1=O. The number of hydrogen-bond donors (Lipinski definition) is 3. The molecule has 0 spiro atoms. The molecule has 1 aliphatic heterocycles. The summed E-state index contributed by atoms with van der Waals surface area (Å²) in [4.78, 5) is 11.2. The van der Waals surface area contributed by atoms with Crippen molar-refractivity contribution in [3.8, 4) is 5.75 Å². The van der Waals surface area contributed by atoms with Gasteiger partial charge in [0.2, 0.25) is 0 Å². The minimum atomic E-state index is -0.462. The fraction of sp³-hybridized carbons (Fsp3) is 0.222. The summed E-state index contributed by atoms with van der Waals surface area (Å²) in [5.41, 5.74) is 3.93. The van der Waals surface area contributed by atoms with Crippen LogP contribution < -0.4 is 21.3 Å². The molecule has 1 aromatic carbocycles. The molecule has 1 atom stereocenters. The number of anilines is 2. The normalized spacial score (nSPS) is 19.3. The van der Waals surface area contributed by atoms with E-state index >= 15 is 0 Å². The standard InChI is InChI=1S/C9H11N3O2/c1-5-9(13)11-7-3-2-6(12-10)4-8(7)14-5/h2-5,12H,10H2,1H3,(H,11,13). The lowest BCUT2D eigenvalue weighted by Gasteiger charge is -2.23. The number of hydrogen-bond acceptors (Lipinski definition) is 4. The summed E-state index contributed by atoms with van der Waals surface area (Å²) >= 11 is 0. The topological polar surface area (TPSA) is 76.4 Å². The predicted octanol–water partition coefficient (Wildman–Crippen LogP) is 0.692. The molecule has 74 valence electrons. The Morgan fingerprint density at radius 1 is 1.57 bits per heavy atom. The van der Waals surface area contributed by atoms with Crippen molar-refractivity contribution in [1.82, 2.24) is 0 Å². The number of fused-ring (bicyclic) bond motifs is 1. The summed E-state index contributed by atoms with van der Waals surface area (Å²) in [6, 6.07) is 5.25. The van der Waals surface area contributed by atoms with Crippen LogP contribution in [0.25, 0.3) is 0 Å². The third kappa shape index (κ3) is 1.38. The number of nitrogen functional groups attached to an aromatic ring is 1. The van der Waals surface area contributed by atoms with Crippen molar-refractivity contribution in [2.45, 2.75) is 13.0 Å². The third-order valence-corrected chi connectivity index (χ3v) is 2.08. The third-order valence-electron chi connectivity index (χ3n) is 2.08. The predicted molar refractivity (Wildman–Crippen MR) is 53.0 cm³/mol. The Morgan fingerprint density at radius 2 is 2.36 bits per heavy atom. The summed E-state index contributed by atoms with van der Waals surface area (Å²) in [5.74, 6) is 5.75. The average Bonchev–Trinajstić information content (AvgIpc) is 2.19. The van der Waals surface area contributed by atoms with Crippen LogP contribution in [0.2, 0.25) is 0 Å². The first-order valence-electron chi connectivity index (χ1n) is 4.29. The van der Waals surface area contributed by atoms with Gasteiger partial charge in [-0.05, 0) is 19.1 Å². The van der Waals surface area contributed by atoms with E-state index in [1.807, 2.05) is 0 Å². The summed E-state index contributed by atoms with van der Waals surface area (Å²) in [5, 5.41) is 2.73. The number of amides is 1. The second-order valence-corrected chi connectivity index (χ2v) is 3.10. The van der Waals surface area contributed by atoms with Crippen molar-refractivity contribution in [3.63, 3.8) is 0 Å². The number of carbonyl (C=O) groups excluding carboxylic acids is 1. The Labute approximate surface area is 81.2 Å². The molecule has 0 aromatic heterocycles. The molecule has 2 rings (SSSR count). The van der Waals surface area contributed by atoms with Gasteiger partial charge in [0, 0.05) is 6.07 Å². The zero-order chi connectivity index (χ0) is 10.1. The van der Waals surface area contributed by atoms with Gasteiger partial charge in [0.05, 0.1) is 11.4 Å². The minimum absolute atomic E-state index is 0.133. The number of benzene rings is 1. The van der Waals surface area contributed by atoms with E-state index in [2.05, 4.69) is 10.7 Å². The van der Waals surface area contributed by atoms with Gasteiger partial charge < -0.3 is 15.5 Å². The van der Waals surface area contributed by atoms with Gasteiger partial charge in [0.25, 0.3) is 5.91 Å². The van der Waals surface area contributed by atoms with E-state index < -0.39 is 6.10 Å². The van der Waals surface area contributed by atoms with Crippen LogP contribution in [0.15, 0.2) is 18.2 Å². The van der Waals surface area contributed by atoms with E-state index in [-0.39, 0.29) is 5.91 Å². The molecule has 0 saturated heterocycles. The van der Waals surface area contributed by atoms with Crippen molar-refractivity contribution in [2.24, 2.45) is 5.84 Å². The van der Waals surface area contributed by atoms with Gasteiger partial charge in [-0.2, -0.15) is 0 Å². The molecular formula is C9H11N3O2. The molecular weight excluding hydrogens is 182 g/mol. The number of nitrogens with two attached hydrogens (primary N) is 1. The van der Waals surface area contributed by atoms with E-state index in [4.69, 9.17) is 10.6 Å². The van der Waals surface area contributed by atoms with Gasteiger partial charge in [-0.25, -0.2) is 0 Å². The first kappa shape index (κ1) is 8.83. The van der Waals surface area contributed by atoms with Crippen molar-refractivity contribution < 1.29 is 9.53 Å². The molecule has 14 heavy (non-hydrogen) atoms.